The first kappa shape index (κ1) is 22.5. The van der Waals surface area contributed by atoms with E-state index in [1.165, 1.54) is 18.9 Å². The number of aromatic nitrogens is 4. The number of amides is 2. The molecule has 5 N–H and O–H groups in total. The maximum absolute atomic E-state index is 12.9. The Balaban J connectivity index is 1.54. The van der Waals surface area contributed by atoms with Crippen molar-refractivity contribution in [3.05, 3.63) is 29.4 Å². The number of nitrogen functional groups attached to an aromatic ring is 2. The molecule has 4 rings (SSSR count). The molecule has 0 aromatic carbocycles. The first-order valence-electron chi connectivity index (χ1n) is 9.43. The van der Waals surface area contributed by atoms with Gasteiger partial charge in [-0.1, -0.05) is 5.16 Å². The van der Waals surface area contributed by atoms with Crippen LogP contribution in [0.5, 0.6) is 0 Å². The van der Waals surface area contributed by atoms with Crippen molar-refractivity contribution < 1.29 is 29.0 Å². The number of oxime groups is 1. The maximum Gasteiger partial charge on any atom is 0.278 e. The molecule has 2 aliphatic rings. The van der Waals surface area contributed by atoms with Gasteiger partial charge in [0.25, 0.3) is 11.8 Å². The Morgan fingerprint density at radius 2 is 2.21 bits per heavy atom. The quantitative estimate of drug-likeness (QED) is 0.153. The third-order valence-corrected chi connectivity index (χ3v) is 6.99. The van der Waals surface area contributed by atoms with Gasteiger partial charge in [-0.2, -0.15) is 9.36 Å². The topological polar surface area (TPSA) is 198 Å². The summed E-state index contributed by atoms with van der Waals surface area (Å²) in [5, 5.41) is 17.6. The van der Waals surface area contributed by atoms with Crippen LogP contribution in [0.15, 0.2) is 28.7 Å². The summed E-state index contributed by atoms with van der Waals surface area (Å²) in [6, 6.07) is 0.706. The number of nitrogens with one attached hydrogen (secondary N) is 1. The van der Waals surface area contributed by atoms with E-state index in [2.05, 4.69) is 24.7 Å². The van der Waals surface area contributed by atoms with E-state index in [-0.39, 0.29) is 28.9 Å². The predicted octanol–water partition coefficient (Wildman–Crippen LogP) is -3.22. The number of hydrogen-bond acceptors (Lipinski definition) is 12. The van der Waals surface area contributed by atoms with Crippen molar-refractivity contribution in [3.63, 3.8) is 0 Å². The van der Waals surface area contributed by atoms with Crippen LogP contribution in [-0.2, 0) is 32.8 Å². The van der Waals surface area contributed by atoms with Crippen molar-refractivity contribution in [2.75, 3.05) is 24.3 Å². The number of fused-ring (bicyclic) bond motifs is 1. The van der Waals surface area contributed by atoms with Crippen molar-refractivity contribution in [2.45, 2.75) is 18.0 Å². The van der Waals surface area contributed by atoms with Crippen LogP contribution < -0.4 is 26.6 Å². The van der Waals surface area contributed by atoms with E-state index in [1.807, 2.05) is 0 Å². The summed E-state index contributed by atoms with van der Waals surface area (Å²) in [7, 11) is 2.98. The van der Waals surface area contributed by atoms with Crippen LogP contribution in [0.1, 0.15) is 5.82 Å². The maximum atomic E-state index is 12.9. The molecule has 33 heavy (non-hydrogen) atoms. The Bertz CT molecular complexity index is 1200. The van der Waals surface area contributed by atoms with Gasteiger partial charge in [0.2, 0.25) is 11.5 Å². The molecule has 14 nitrogen and oxygen atoms in total. The molecule has 1 saturated heterocycles. The smallest absolute Gasteiger partial charge is 0.278 e. The van der Waals surface area contributed by atoms with Crippen LogP contribution in [0.2, 0.25) is 0 Å². The number of carboxylic acid groups (broad SMARTS) is 1. The zero-order valence-corrected chi connectivity index (χ0v) is 19.1. The highest BCUT2D eigenvalue weighted by Crippen LogP contribution is 2.40. The summed E-state index contributed by atoms with van der Waals surface area (Å²) in [6.45, 7) is 0.207. The molecule has 2 aromatic heterocycles. The molecule has 0 saturated carbocycles. The molecule has 4 heterocycles. The lowest BCUT2D eigenvalue weighted by Crippen LogP contribution is -2.71. The highest BCUT2D eigenvalue weighted by molar-refractivity contribution is 8.00. The number of carbonyl (C=O) groups is 3. The number of nitrogens with two attached hydrogens (primary N) is 2. The van der Waals surface area contributed by atoms with Crippen LogP contribution in [0.25, 0.3) is 0 Å². The summed E-state index contributed by atoms with van der Waals surface area (Å²) in [4.78, 5) is 47.3. The summed E-state index contributed by atoms with van der Waals surface area (Å²) in [5.41, 5.74) is 11.4. The van der Waals surface area contributed by atoms with E-state index >= 15 is 0 Å². The normalized spacial score (nSPS) is 20.4. The Morgan fingerprint density at radius 3 is 2.79 bits per heavy atom. The number of anilines is 2. The summed E-state index contributed by atoms with van der Waals surface area (Å²) in [5.74, 6) is -2.05. The first-order chi connectivity index (χ1) is 15.7. The second kappa shape index (κ2) is 8.70. The van der Waals surface area contributed by atoms with Gasteiger partial charge < -0.3 is 31.5 Å². The van der Waals surface area contributed by atoms with E-state index in [9.17, 15) is 19.5 Å². The molecule has 2 atom stereocenters. The molecule has 2 aliphatic heterocycles. The van der Waals surface area contributed by atoms with Crippen LogP contribution in [-0.4, -0.2) is 66.7 Å². The van der Waals surface area contributed by atoms with E-state index in [1.54, 1.807) is 28.7 Å². The Morgan fingerprint density at radius 1 is 1.45 bits per heavy atom. The lowest BCUT2D eigenvalue weighted by atomic mass is 10.0. The van der Waals surface area contributed by atoms with Crippen molar-refractivity contribution >= 4 is 57.7 Å². The number of hydrogen-bond donors (Lipinski definition) is 3. The van der Waals surface area contributed by atoms with Crippen LogP contribution in [0.4, 0.5) is 10.9 Å². The van der Waals surface area contributed by atoms with Gasteiger partial charge >= 0.3 is 0 Å². The van der Waals surface area contributed by atoms with Crippen molar-refractivity contribution in [1.29, 1.82) is 0 Å². The number of nitrogens with zero attached hydrogens (tertiary/aromatic N) is 6. The first-order valence-corrected chi connectivity index (χ1v) is 11.3. The van der Waals surface area contributed by atoms with Gasteiger partial charge in [-0.05, 0) is 0 Å². The second-order valence-corrected chi connectivity index (χ2v) is 8.93. The van der Waals surface area contributed by atoms with E-state index in [0.29, 0.717) is 17.1 Å². The van der Waals surface area contributed by atoms with Crippen LogP contribution in [0.3, 0.4) is 0 Å². The van der Waals surface area contributed by atoms with Crippen LogP contribution >= 0.6 is 23.3 Å². The molecule has 174 valence electrons. The molecule has 2 aromatic rings. The van der Waals surface area contributed by atoms with Gasteiger partial charge in [0.15, 0.2) is 23.7 Å². The molecule has 0 radical (unpaired) electrons. The fourth-order valence-electron chi connectivity index (χ4n) is 3.48. The van der Waals surface area contributed by atoms with E-state index < -0.39 is 29.2 Å². The third-order valence-electron chi connectivity index (χ3n) is 5.11. The predicted molar refractivity (Wildman–Crippen MR) is 115 cm³/mol. The Labute approximate surface area is 195 Å². The van der Waals surface area contributed by atoms with Gasteiger partial charge in [-0.25, -0.2) is 0 Å². The van der Waals surface area contributed by atoms with Crippen molar-refractivity contribution in [2.24, 2.45) is 12.2 Å². The highest BCUT2D eigenvalue weighted by atomic mass is 32.2. The minimum Gasteiger partial charge on any atom is -0.543 e. The number of carboxylic acids is 1. The van der Waals surface area contributed by atoms with E-state index in [4.69, 9.17) is 11.5 Å². The minimum absolute atomic E-state index is 0.0479. The lowest BCUT2D eigenvalue weighted by molar-refractivity contribution is -0.765. The van der Waals surface area contributed by atoms with E-state index in [0.717, 1.165) is 16.4 Å². The van der Waals surface area contributed by atoms with Gasteiger partial charge in [0.05, 0.1) is 24.8 Å². The fourth-order valence-corrected chi connectivity index (χ4v) is 5.25. The fraction of sp³-hybridized carbons (Fsp3) is 0.353. The molecule has 0 bridgehead atoms. The molecule has 16 heteroatoms. The molecule has 0 spiro atoms. The number of carbonyl (C=O) groups excluding carboxylic acids is 3. The standard InChI is InChI=1S/C17H19N9O5S2/c1-24-8(18)3-4-25(24)5-7-6-32-15-10(14(28)26(15)11(7)16(29)30)20-13(27)9(22-31-2)12-21-17(19)33-23-12/h3-4,10,15,18H,5-6H2,1-2H3,(H4,19,20,21,23,27,29,30)/t10-,15-/m1/s1. The highest BCUT2D eigenvalue weighted by Gasteiger charge is 2.53. The van der Waals surface area contributed by atoms with Crippen molar-refractivity contribution in [1.82, 2.24) is 24.3 Å². The minimum atomic E-state index is -1.47. The summed E-state index contributed by atoms with van der Waals surface area (Å²) in [6.07, 6.45) is 1.71. The second-order valence-electron chi connectivity index (χ2n) is 7.04. The average Bonchev–Trinajstić information content (AvgIpc) is 3.35. The van der Waals surface area contributed by atoms with Gasteiger partial charge in [-0.15, -0.1) is 21.1 Å². The molecule has 2 amide bonds. The van der Waals surface area contributed by atoms with Gasteiger partial charge in [0, 0.05) is 22.9 Å². The summed E-state index contributed by atoms with van der Waals surface area (Å²) >= 11 is 2.19. The zero-order chi connectivity index (χ0) is 23.9. The zero-order valence-electron chi connectivity index (χ0n) is 17.4. The Kier molecular flexibility index (Phi) is 5.94. The molecule has 0 aliphatic carbocycles. The monoisotopic (exact) mass is 493 g/mol. The molecular formula is C17H19N9O5S2. The summed E-state index contributed by atoms with van der Waals surface area (Å²) < 4.78 is 7.31. The SMILES string of the molecule is CON=C(C(=O)N[C@@H]1C(=O)N2C(C(=O)[O-])=C(C[n+]3ccc(N)n3C)CS[C@H]12)c1nsc(N)n1. The largest absolute Gasteiger partial charge is 0.543 e. The molecular weight excluding hydrogens is 474 g/mol. The van der Waals surface area contributed by atoms with Crippen molar-refractivity contribution in [3.8, 4) is 0 Å². The van der Waals surface area contributed by atoms with Gasteiger partial charge in [-0.3, -0.25) is 14.5 Å². The number of aliphatic carboxylic acids is 1. The number of thioether (sulfide) groups is 1. The van der Waals surface area contributed by atoms with Crippen LogP contribution in [0, 0.1) is 0 Å². The molecule has 1 fully saturated rings. The number of β-lactam (4-membered cyclic amide) rings is 1. The number of rotatable bonds is 7. The molecule has 0 unspecified atom stereocenters. The van der Waals surface area contributed by atoms with Gasteiger partial charge in [0.1, 0.15) is 18.5 Å². The lowest BCUT2D eigenvalue weighted by Gasteiger charge is -2.50. The third kappa shape index (κ3) is 3.97. The Hall–Kier alpha value is -3.66. The average molecular weight is 494 g/mol.